The van der Waals surface area contributed by atoms with Crippen LogP contribution in [0.25, 0.3) is 10.9 Å². The molecule has 3 N–H and O–H groups in total. The third-order valence-electron chi connectivity index (χ3n) is 2.78. The van der Waals surface area contributed by atoms with E-state index in [2.05, 4.69) is 10.3 Å². The molecule has 0 spiro atoms. The van der Waals surface area contributed by atoms with Gasteiger partial charge in [0, 0.05) is 30.9 Å². The molecule has 2 aromatic rings. The zero-order valence-electron chi connectivity index (χ0n) is 10.1. The molecular weight excluding hydrogens is 214 g/mol. The topological polar surface area (TPSA) is 60.2 Å². The van der Waals surface area contributed by atoms with E-state index in [1.165, 1.54) is 0 Å². The van der Waals surface area contributed by atoms with Crippen LogP contribution in [0.1, 0.15) is 6.92 Å². The minimum Gasteiger partial charge on any atom is -0.397 e. The first kappa shape index (κ1) is 11.7. The maximum atomic E-state index is 5.89. The van der Waals surface area contributed by atoms with Gasteiger partial charge in [-0.2, -0.15) is 0 Å². The lowest BCUT2D eigenvalue weighted by atomic mass is 10.1. The SMILES string of the molecule is COC(C)CNc1ccc(N)c2ncccc12. The Bertz CT molecular complexity index is 513. The summed E-state index contributed by atoms with van der Waals surface area (Å²) in [6.45, 7) is 2.77. The molecule has 1 aromatic carbocycles. The summed E-state index contributed by atoms with van der Waals surface area (Å²) >= 11 is 0. The van der Waals surface area contributed by atoms with Gasteiger partial charge in [-0.1, -0.05) is 0 Å². The molecular formula is C13H17N3O. The van der Waals surface area contributed by atoms with Crippen molar-refractivity contribution in [2.75, 3.05) is 24.7 Å². The van der Waals surface area contributed by atoms with Gasteiger partial charge in [0.1, 0.15) is 0 Å². The summed E-state index contributed by atoms with van der Waals surface area (Å²) in [5.74, 6) is 0. The average molecular weight is 231 g/mol. The van der Waals surface area contributed by atoms with Gasteiger partial charge in [0.15, 0.2) is 0 Å². The van der Waals surface area contributed by atoms with Crippen molar-refractivity contribution < 1.29 is 4.74 Å². The van der Waals surface area contributed by atoms with Crippen LogP contribution < -0.4 is 11.1 Å². The minimum absolute atomic E-state index is 0.166. The molecule has 1 heterocycles. The van der Waals surface area contributed by atoms with Crippen molar-refractivity contribution in [1.82, 2.24) is 4.98 Å². The Morgan fingerprint density at radius 3 is 3.00 bits per heavy atom. The molecule has 2 rings (SSSR count). The van der Waals surface area contributed by atoms with Crippen LogP contribution >= 0.6 is 0 Å². The van der Waals surface area contributed by atoms with Gasteiger partial charge in [-0.3, -0.25) is 4.98 Å². The van der Waals surface area contributed by atoms with E-state index in [1.54, 1.807) is 13.3 Å². The van der Waals surface area contributed by atoms with Crippen LogP contribution in [0.4, 0.5) is 11.4 Å². The van der Waals surface area contributed by atoms with Gasteiger partial charge in [-0.15, -0.1) is 0 Å². The van der Waals surface area contributed by atoms with Crippen LogP contribution in [0.2, 0.25) is 0 Å². The monoisotopic (exact) mass is 231 g/mol. The average Bonchev–Trinajstić information content (AvgIpc) is 2.38. The van der Waals surface area contributed by atoms with E-state index in [9.17, 15) is 0 Å². The first-order valence-electron chi connectivity index (χ1n) is 5.62. The van der Waals surface area contributed by atoms with Gasteiger partial charge in [0.2, 0.25) is 0 Å². The number of ether oxygens (including phenoxy) is 1. The summed E-state index contributed by atoms with van der Waals surface area (Å²) in [4.78, 5) is 4.29. The van der Waals surface area contributed by atoms with Gasteiger partial charge < -0.3 is 15.8 Å². The van der Waals surface area contributed by atoms with Crippen molar-refractivity contribution >= 4 is 22.3 Å². The molecule has 0 saturated heterocycles. The minimum atomic E-state index is 0.166. The fourth-order valence-electron chi connectivity index (χ4n) is 1.69. The van der Waals surface area contributed by atoms with E-state index in [-0.39, 0.29) is 6.10 Å². The van der Waals surface area contributed by atoms with Gasteiger partial charge in [0.05, 0.1) is 17.3 Å². The molecule has 90 valence electrons. The second-order valence-electron chi connectivity index (χ2n) is 4.03. The van der Waals surface area contributed by atoms with E-state index in [1.807, 2.05) is 31.2 Å². The number of nitrogens with zero attached hydrogens (tertiary/aromatic N) is 1. The number of aromatic nitrogens is 1. The summed E-state index contributed by atoms with van der Waals surface area (Å²) in [6.07, 6.45) is 1.92. The Balaban J connectivity index is 2.32. The van der Waals surface area contributed by atoms with Crippen molar-refractivity contribution in [1.29, 1.82) is 0 Å². The molecule has 0 fully saturated rings. The smallest absolute Gasteiger partial charge is 0.0951 e. The van der Waals surface area contributed by atoms with Crippen molar-refractivity contribution in [3.8, 4) is 0 Å². The highest BCUT2D eigenvalue weighted by Crippen LogP contribution is 2.26. The second kappa shape index (κ2) is 5.01. The largest absolute Gasteiger partial charge is 0.397 e. The van der Waals surface area contributed by atoms with E-state index < -0.39 is 0 Å². The fourth-order valence-corrected chi connectivity index (χ4v) is 1.69. The Kier molecular flexibility index (Phi) is 3.44. The normalized spacial score (nSPS) is 12.6. The molecule has 0 amide bonds. The fraction of sp³-hybridized carbons (Fsp3) is 0.308. The van der Waals surface area contributed by atoms with Crippen molar-refractivity contribution in [3.05, 3.63) is 30.5 Å². The molecule has 1 aromatic heterocycles. The molecule has 4 nitrogen and oxygen atoms in total. The van der Waals surface area contributed by atoms with Crippen LogP contribution in [-0.4, -0.2) is 24.7 Å². The van der Waals surface area contributed by atoms with E-state index in [0.29, 0.717) is 5.69 Å². The standard InChI is InChI=1S/C13H17N3O/c1-9(17-2)8-16-12-6-5-11(14)13-10(12)4-3-7-15-13/h3-7,9,16H,8,14H2,1-2H3. The molecule has 1 atom stereocenters. The first-order valence-corrected chi connectivity index (χ1v) is 5.62. The Morgan fingerprint density at radius 1 is 1.41 bits per heavy atom. The number of rotatable bonds is 4. The molecule has 0 saturated carbocycles. The predicted octanol–water partition coefficient (Wildman–Crippen LogP) is 2.26. The lowest BCUT2D eigenvalue weighted by Gasteiger charge is -2.14. The quantitative estimate of drug-likeness (QED) is 0.792. The van der Waals surface area contributed by atoms with Crippen molar-refractivity contribution in [2.45, 2.75) is 13.0 Å². The Morgan fingerprint density at radius 2 is 2.24 bits per heavy atom. The number of hydrogen-bond acceptors (Lipinski definition) is 4. The number of nitrogens with one attached hydrogen (secondary N) is 1. The lowest BCUT2D eigenvalue weighted by molar-refractivity contribution is 0.129. The summed E-state index contributed by atoms with van der Waals surface area (Å²) in [5.41, 5.74) is 8.46. The van der Waals surface area contributed by atoms with Crippen molar-refractivity contribution in [2.24, 2.45) is 0 Å². The van der Waals surface area contributed by atoms with Crippen LogP contribution in [0.15, 0.2) is 30.5 Å². The van der Waals surface area contributed by atoms with Crippen LogP contribution in [-0.2, 0) is 4.74 Å². The highest BCUT2D eigenvalue weighted by molar-refractivity contribution is 5.98. The molecule has 1 unspecified atom stereocenters. The number of fused-ring (bicyclic) bond motifs is 1. The number of pyridine rings is 1. The summed E-state index contributed by atoms with van der Waals surface area (Å²) in [7, 11) is 1.70. The second-order valence-corrected chi connectivity index (χ2v) is 4.03. The van der Waals surface area contributed by atoms with Gasteiger partial charge in [-0.25, -0.2) is 0 Å². The van der Waals surface area contributed by atoms with Crippen LogP contribution in [0.5, 0.6) is 0 Å². The van der Waals surface area contributed by atoms with Gasteiger partial charge in [0.25, 0.3) is 0 Å². The highest BCUT2D eigenvalue weighted by Gasteiger charge is 2.05. The van der Waals surface area contributed by atoms with Gasteiger partial charge in [-0.05, 0) is 31.2 Å². The van der Waals surface area contributed by atoms with E-state index in [4.69, 9.17) is 10.5 Å². The molecule has 0 bridgehead atoms. The molecule has 0 aliphatic carbocycles. The van der Waals surface area contributed by atoms with Crippen LogP contribution in [0, 0.1) is 0 Å². The van der Waals surface area contributed by atoms with Gasteiger partial charge >= 0.3 is 0 Å². The Labute approximate surface area is 101 Å². The zero-order valence-corrected chi connectivity index (χ0v) is 10.1. The third-order valence-corrected chi connectivity index (χ3v) is 2.78. The third kappa shape index (κ3) is 2.47. The number of nitrogen functional groups attached to an aromatic ring is 1. The zero-order chi connectivity index (χ0) is 12.3. The number of hydrogen-bond donors (Lipinski definition) is 2. The molecule has 0 radical (unpaired) electrons. The summed E-state index contributed by atoms with van der Waals surface area (Å²) in [6, 6.07) is 7.77. The summed E-state index contributed by atoms with van der Waals surface area (Å²) < 4.78 is 5.20. The number of methoxy groups -OCH3 is 1. The molecule has 0 aliphatic heterocycles. The maximum absolute atomic E-state index is 5.89. The number of benzene rings is 1. The maximum Gasteiger partial charge on any atom is 0.0951 e. The molecule has 0 aliphatic rings. The van der Waals surface area contributed by atoms with E-state index in [0.717, 1.165) is 23.1 Å². The lowest BCUT2D eigenvalue weighted by Crippen LogP contribution is -2.18. The van der Waals surface area contributed by atoms with Crippen molar-refractivity contribution in [3.63, 3.8) is 0 Å². The predicted molar refractivity (Wildman–Crippen MR) is 71.1 cm³/mol. The highest BCUT2D eigenvalue weighted by atomic mass is 16.5. The summed E-state index contributed by atoms with van der Waals surface area (Å²) in [5, 5.41) is 4.38. The van der Waals surface area contributed by atoms with E-state index >= 15 is 0 Å². The number of nitrogens with two attached hydrogens (primary N) is 1. The van der Waals surface area contributed by atoms with Crippen LogP contribution in [0.3, 0.4) is 0 Å². The molecule has 17 heavy (non-hydrogen) atoms. The first-order chi connectivity index (χ1) is 8.22. The molecule has 4 heteroatoms. The number of anilines is 2. The Hall–Kier alpha value is -1.81.